The molecule has 1 aromatic heterocycles. The largest absolute Gasteiger partial charge is 0.388 e. The monoisotopic (exact) mass is 194 g/mol. The van der Waals surface area contributed by atoms with E-state index in [4.69, 9.17) is 6.42 Å². The van der Waals surface area contributed by atoms with Gasteiger partial charge in [0.25, 0.3) is 0 Å². The van der Waals surface area contributed by atoms with E-state index in [0.717, 1.165) is 5.56 Å². The number of rotatable bonds is 3. The lowest BCUT2D eigenvalue weighted by Gasteiger charge is -2.08. The molecule has 1 unspecified atom stereocenters. The van der Waals surface area contributed by atoms with Gasteiger partial charge >= 0.3 is 0 Å². The first-order valence-corrected chi connectivity index (χ1v) is 5.21. The molecule has 0 aliphatic rings. The molecule has 1 atom stereocenters. The molecule has 0 saturated carbocycles. The third kappa shape index (κ3) is 2.33. The van der Waals surface area contributed by atoms with E-state index in [1.54, 1.807) is 11.3 Å². The normalized spacial score (nSPS) is 12.5. The molecule has 0 bridgehead atoms. The van der Waals surface area contributed by atoms with Crippen LogP contribution in [0, 0.1) is 26.2 Å². The van der Waals surface area contributed by atoms with Crippen LogP contribution < -0.4 is 0 Å². The zero-order valence-corrected chi connectivity index (χ0v) is 8.82. The predicted molar refractivity (Wildman–Crippen MR) is 56.8 cm³/mol. The molecule has 0 aliphatic heterocycles. The molecule has 1 nitrogen and oxygen atoms in total. The van der Waals surface area contributed by atoms with Gasteiger partial charge in [0, 0.05) is 11.3 Å². The maximum atomic E-state index is 9.76. The Hall–Kier alpha value is -0.780. The van der Waals surface area contributed by atoms with Crippen molar-refractivity contribution in [1.82, 2.24) is 0 Å². The summed E-state index contributed by atoms with van der Waals surface area (Å²) in [4.78, 5) is 1.27. The van der Waals surface area contributed by atoms with Gasteiger partial charge in [-0.05, 0) is 36.8 Å². The fraction of sp³-hybridized carbons (Fsp3) is 0.455. The number of aliphatic hydroxyl groups excluding tert-OH is 1. The molecule has 1 rings (SSSR count). The second kappa shape index (κ2) is 4.45. The van der Waals surface area contributed by atoms with Gasteiger partial charge in [-0.25, -0.2) is 0 Å². The second-order valence-electron chi connectivity index (χ2n) is 3.13. The van der Waals surface area contributed by atoms with Gasteiger partial charge in [-0.1, -0.05) is 0 Å². The van der Waals surface area contributed by atoms with Crippen LogP contribution in [0.2, 0.25) is 0 Å². The van der Waals surface area contributed by atoms with Crippen molar-refractivity contribution in [2.24, 2.45) is 0 Å². The van der Waals surface area contributed by atoms with Crippen LogP contribution in [0.4, 0.5) is 0 Å². The van der Waals surface area contributed by atoms with Gasteiger partial charge in [-0.3, -0.25) is 0 Å². The molecular formula is C11H14OS. The van der Waals surface area contributed by atoms with Crippen LogP contribution in [0.15, 0.2) is 5.38 Å². The van der Waals surface area contributed by atoms with Crippen molar-refractivity contribution in [3.63, 3.8) is 0 Å². The van der Waals surface area contributed by atoms with Crippen molar-refractivity contribution in [3.8, 4) is 12.3 Å². The minimum Gasteiger partial charge on any atom is -0.388 e. The van der Waals surface area contributed by atoms with Gasteiger partial charge < -0.3 is 5.11 Å². The fourth-order valence-corrected chi connectivity index (χ4v) is 2.17. The summed E-state index contributed by atoms with van der Waals surface area (Å²) in [6.07, 6.45) is 6.05. The van der Waals surface area contributed by atoms with E-state index < -0.39 is 0 Å². The van der Waals surface area contributed by atoms with Crippen molar-refractivity contribution >= 4 is 11.3 Å². The van der Waals surface area contributed by atoms with Gasteiger partial charge in [0.15, 0.2) is 0 Å². The number of hydrogen-bond acceptors (Lipinski definition) is 2. The van der Waals surface area contributed by atoms with Crippen LogP contribution in [0.25, 0.3) is 0 Å². The Morgan fingerprint density at radius 2 is 2.31 bits per heavy atom. The van der Waals surface area contributed by atoms with E-state index in [1.807, 2.05) is 12.3 Å². The van der Waals surface area contributed by atoms with Gasteiger partial charge in [0.1, 0.15) is 0 Å². The van der Waals surface area contributed by atoms with E-state index in [-0.39, 0.29) is 6.10 Å². The van der Waals surface area contributed by atoms with Crippen molar-refractivity contribution in [2.75, 3.05) is 0 Å². The molecule has 0 saturated heterocycles. The average molecular weight is 194 g/mol. The number of hydrogen-bond donors (Lipinski definition) is 1. The minimum atomic E-state index is -0.388. The Balaban J connectivity index is 2.72. The highest BCUT2D eigenvalue weighted by atomic mass is 32.1. The molecule has 0 spiro atoms. The topological polar surface area (TPSA) is 20.2 Å². The highest BCUT2D eigenvalue weighted by Crippen LogP contribution is 2.28. The molecular weight excluding hydrogens is 180 g/mol. The van der Waals surface area contributed by atoms with E-state index in [0.29, 0.717) is 12.8 Å². The molecule has 0 radical (unpaired) electrons. The van der Waals surface area contributed by atoms with Crippen LogP contribution in [-0.2, 0) is 0 Å². The Bertz CT molecular complexity index is 319. The van der Waals surface area contributed by atoms with Gasteiger partial charge in [-0.15, -0.1) is 23.7 Å². The van der Waals surface area contributed by atoms with E-state index in [9.17, 15) is 5.11 Å². The molecule has 0 aliphatic carbocycles. The van der Waals surface area contributed by atoms with Gasteiger partial charge in [-0.2, -0.15) is 0 Å². The minimum absolute atomic E-state index is 0.388. The maximum absolute atomic E-state index is 9.76. The highest BCUT2D eigenvalue weighted by molar-refractivity contribution is 7.10. The first-order chi connectivity index (χ1) is 6.16. The van der Waals surface area contributed by atoms with Crippen molar-refractivity contribution in [3.05, 3.63) is 21.4 Å². The lowest BCUT2D eigenvalue weighted by molar-refractivity contribution is 0.169. The predicted octanol–water partition coefficient (Wildman–Crippen LogP) is 2.81. The summed E-state index contributed by atoms with van der Waals surface area (Å²) < 4.78 is 0. The Kier molecular flexibility index (Phi) is 3.53. The summed E-state index contributed by atoms with van der Waals surface area (Å²) in [5, 5.41) is 11.8. The number of aryl methyl sites for hydroxylation is 1. The molecule has 2 heteroatoms. The van der Waals surface area contributed by atoms with Crippen LogP contribution in [0.5, 0.6) is 0 Å². The summed E-state index contributed by atoms with van der Waals surface area (Å²) >= 11 is 1.68. The fourth-order valence-electron chi connectivity index (χ4n) is 1.24. The number of thiophene rings is 1. The zero-order valence-electron chi connectivity index (χ0n) is 8.00. The lowest BCUT2D eigenvalue weighted by Crippen LogP contribution is -1.97. The van der Waals surface area contributed by atoms with E-state index >= 15 is 0 Å². The molecule has 1 aromatic rings. The average Bonchev–Trinajstić information content (AvgIpc) is 2.44. The molecule has 0 amide bonds. The Labute approximate surface area is 83.4 Å². The standard InChI is InChI=1S/C11H14OS/c1-4-5-6-11(12)10-7-13-9(3)8(10)2/h1,7,11-12H,5-6H2,2-3H3. The van der Waals surface area contributed by atoms with E-state index in [2.05, 4.69) is 12.8 Å². The number of aliphatic hydroxyl groups is 1. The quantitative estimate of drug-likeness (QED) is 0.734. The van der Waals surface area contributed by atoms with Crippen LogP contribution in [0.1, 0.15) is 34.9 Å². The second-order valence-corrected chi connectivity index (χ2v) is 4.21. The Morgan fingerprint density at radius 1 is 1.62 bits per heavy atom. The molecule has 0 aromatic carbocycles. The number of terminal acetylenes is 1. The maximum Gasteiger partial charge on any atom is 0.0809 e. The molecule has 13 heavy (non-hydrogen) atoms. The van der Waals surface area contributed by atoms with Gasteiger partial charge in [0.05, 0.1) is 6.10 Å². The van der Waals surface area contributed by atoms with Crippen molar-refractivity contribution < 1.29 is 5.11 Å². The zero-order chi connectivity index (χ0) is 9.84. The molecule has 70 valence electrons. The molecule has 0 fully saturated rings. The smallest absolute Gasteiger partial charge is 0.0809 e. The van der Waals surface area contributed by atoms with Crippen LogP contribution >= 0.6 is 11.3 Å². The summed E-state index contributed by atoms with van der Waals surface area (Å²) in [6.45, 7) is 4.11. The summed E-state index contributed by atoms with van der Waals surface area (Å²) in [5.74, 6) is 2.54. The van der Waals surface area contributed by atoms with Crippen LogP contribution in [-0.4, -0.2) is 5.11 Å². The van der Waals surface area contributed by atoms with Crippen molar-refractivity contribution in [2.45, 2.75) is 32.8 Å². The summed E-state index contributed by atoms with van der Waals surface area (Å²) in [6, 6.07) is 0. The van der Waals surface area contributed by atoms with Crippen LogP contribution in [0.3, 0.4) is 0 Å². The SMILES string of the molecule is C#CCCC(O)c1csc(C)c1C. The first kappa shape index (κ1) is 10.3. The summed E-state index contributed by atoms with van der Waals surface area (Å²) in [5.41, 5.74) is 2.24. The lowest BCUT2D eigenvalue weighted by atomic mass is 10.0. The summed E-state index contributed by atoms with van der Waals surface area (Å²) in [7, 11) is 0. The van der Waals surface area contributed by atoms with E-state index in [1.165, 1.54) is 10.4 Å². The molecule has 1 N–H and O–H groups in total. The third-order valence-corrected chi connectivity index (χ3v) is 3.28. The first-order valence-electron chi connectivity index (χ1n) is 4.33. The van der Waals surface area contributed by atoms with Gasteiger partial charge in [0.2, 0.25) is 0 Å². The Morgan fingerprint density at radius 3 is 2.77 bits per heavy atom. The molecule has 1 heterocycles. The van der Waals surface area contributed by atoms with Crippen molar-refractivity contribution in [1.29, 1.82) is 0 Å². The third-order valence-electron chi connectivity index (χ3n) is 2.24. The highest BCUT2D eigenvalue weighted by Gasteiger charge is 2.12.